The van der Waals surface area contributed by atoms with Crippen LogP contribution in [0.1, 0.15) is 17.7 Å². The number of guanidine groups is 1. The van der Waals surface area contributed by atoms with Gasteiger partial charge in [-0.1, -0.05) is 12.1 Å². The van der Waals surface area contributed by atoms with Gasteiger partial charge < -0.3 is 19.5 Å². The highest BCUT2D eigenvalue weighted by Crippen LogP contribution is 2.13. The van der Waals surface area contributed by atoms with Crippen LogP contribution in [0, 0.1) is 0 Å². The van der Waals surface area contributed by atoms with Crippen LogP contribution in [-0.4, -0.2) is 43.2 Å². The zero-order chi connectivity index (χ0) is 17.4. The molecule has 24 heavy (non-hydrogen) atoms. The maximum absolute atomic E-state index is 5.26. The number of methoxy groups -OCH3 is 1. The van der Waals surface area contributed by atoms with E-state index < -0.39 is 0 Å². The molecule has 5 heteroatoms. The summed E-state index contributed by atoms with van der Waals surface area (Å²) in [6.45, 7) is 1.72. The first-order valence-corrected chi connectivity index (χ1v) is 8.29. The predicted molar refractivity (Wildman–Crippen MR) is 99.6 cm³/mol. The number of hydrogen-bond acceptors (Lipinski definition) is 2. The standard InChI is InChI=1S/C19H28N4O/c1-20-19(23(3)15-17-10-7-13-22(17)2)21-12-6-9-16-8-5-11-18(14-16)24-4/h5,7-8,10-11,13-14H,6,9,12,15H2,1-4H3,(H,20,21). The van der Waals surface area contributed by atoms with Crippen LogP contribution < -0.4 is 10.1 Å². The van der Waals surface area contributed by atoms with Crippen molar-refractivity contribution in [3.8, 4) is 5.75 Å². The molecule has 1 heterocycles. The van der Waals surface area contributed by atoms with Crippen LogP contribution in [0.2, 0.25) is 0 Å². The summed E-state index contributed by atoms with van der Waals surface area (Å²) in [4.78, 5) is 6.51. The summed E-state index contributed by atoms with van der Waals surface area (Å²) in [5.74, 6) is 1.83. The van der Waals surface area contributed by atoms with Gasteiger partial charge in [0, 0.05) is 39.6 Å². The van der Waals surface area contributed by atoms with E-state index in [1.165, 1.54) is 11.3 Å². The number of hydrogen-bond donors (Lipinski definition) is 1. The van der Waals surface area contributed by atoms with Gasteiger partial charge in [0.05, 0.1) is 13.7 Å². The van der Waals surface area contributed by atoms with Crippen molar-refractivity contribution < 1.29 is 4.74 Å². The molecule has 0 saturated carbocycles. The van der Waals surface area contributed by atoms with Crippen LogP contribution in [0.4, 0.5) is 0 Å². The largest absolute Gasteiger partial charge is 0.497 e. The monoisotopic (exact) mass is 328 g/mol. The highest BCUT2D eigenvalue weighted by molar-refractivity contribution is 5.79. The highest BCUT2D eigenvalue weighted by Gasteiger charge is 2.07. The summed E-state index contributed by atoms with van der Waals surface area (Å²) in [6, 6.07) is 12.4. The quantitative estimate of drug-likeness (QED) is 0.483. The molecule has 0 unspecified atom stereocenters. The molecule has 1 aromatic heterocycles. The third-order valence-electron chi connectivity index (χ3n) is 4.08. The topological polar surface area (TPSA) is 41.8 Å². The van der Waals surface area contributed by atoms with Crippen molar-refractivity contribution in [1.29, 1.82) is 0 Å². The Bertz CT molecular complexity index is 663. The van der Waals surface area contributed by atoms with Gasteiger partial charge in [0.15, 0.2) is 5.96 Å². The molecule has 0 radical (unpaired) electrons. The normalized spacial score (nSPS) is 11.4. The number of aryl methyl sites for hydroxylation is 2. The van der Waals surface area contributed by atoms with Gasteiger partial charge in [-0.2, -0.15) is 0 Å². The Kier molecular flexibility index (Phi) is 6.73. The zero-order valence-corrected chi connectivity index (χ0v) is 15.1. The minimum atomic E-state index is 0.832. The number of rotatable bonds is 7. The molecule has 0 aliphatic rings. The van der Waals surface area contributed by atoms with E-state index in [0.29, 0.717) is 0 Å². The number of nitrogens with zero attached hydrogens (tertiary/aromatic N) is 3. The smallest absolute Gasteiger partial charge is 0.193 e. The fraction of sp³-hybridized carbons (Fsp3) is 0.421. The van der Waals surface area contributed by atoms with E-state index >= 15 is 0 Å². The molecule has 0 saturated heterocycles. The van der Waals surface area contributed by atoms with E-state index in [4.69, 9.17) is 4.74 Å². The lowest BCUT2D eigenvalue weighted by atomic mass is 10.1. The van der Waals surface area contributed by atoms with Crippen LogP contribution in [0.15, 0.2) is 47.6 Å². The molecule has 0 amide bonds. The Balaban J connectivity index is 1.78. The second-order valence-electron chi connectivity index (χ2n) is 5.90. The number of benzene rings is 1. The lowest BCUT2D eigenvalue weighted by Crippen LogP contribution is -2.39. The molecule has 0 aliphatic carbocycles. The maximum atomic E-state index is 5.26. The number of aliphatic imine (C=N–C) groups is 1. The van der Waals surface area contributed by atoms with Crippen molar-refractivity contribution in [2.75, 3.05) is 27.7 Å². The number of ether oxygens (including phenoxy) is 1. The first-order chi connectivity index (χ1) is 11.6. The summed E-state index contributed by atoms with van der Waals surface area (Å²) in [7, 11) is 7.65. The Morgan fingerprint density at radius 1 is 1.29 bits per heavy atom. The minimum absolute atomic E-state index is 0.832. The predicted octanol–water partition coefficient (Wildman–Crippen LogP) is 2.67. The van der Waals surface area contributed by atoms with Crippen LogP contribution in [-0.2, 0) is 20.0 Å². The Labute approximate surface area is 145 Å². The molecule has 1 N–H and O–H groups in total. The maximum Gasteiger partial charge on any atom is 0.193 e. The average Bonchev–Trinajstić information content (AvgIpc) is 3.00. The van der Waals surface area contributed by atoms with E-state index in [-0.39, 0.29) is 0 Å². The third-order valence-corrected chi connectivity index (χ3v) is 4.08. The fourth-order valence-corrected chi connectivity index (χ4v) is 2.68. The van der Waals surface area contributed by atoms with Crippen molar-refractivity contribution in [3.05, 3.63) is 53.9 Å². The van der Waals surface area contributed by atoms with Gasteiger partial charge in [-0.25, -0.2) is 0 Å². The Hall–Kier alpha value is -2.43. The molecule has 0 spiro atoms. The van der Waals surface area contributed by atoms with Crippen LogP contribution in [0.25, 0.3) is 0 Å². The molecular formula is C19H28N4O. The van der Waals surface area contributed by atoms with E-state index in [1.54, 1.807) is 7.11 Å². The third kappa shape index (κ3) is 5.05. The molecular weight excluding hydrogens is 300 g/mol. The fourth-order valence-electron chi connectivity index (χ4n) is 2.68. The summed E-state index contributed by atoms with van der Waals surface area (Å²) < 4.78 is 7.40. The van der Waals surface area contributed by atoms with E-state index in [2.05, 4.69) is 64.3 Å². The molecule has 1 aromatic carbocycles. The van der Waals surface area contributed by atoms with Crippen LogP contribution in [0.5, 0.6) is 5.75 Å². The second-order valence-corrected chi connectivity index (χ2v) is 5.90. The SMILES string of the molecule is CN=C(NCCCc1cccc(OC)c1)N(C)Cc1cccn1C. The van der Waals surface area contributed by atoms with Crippen LogP contribution >= 0.6 is 0 Å². The molecule has 0 bridgehead atoms. The van der Waals surface area contributed by atoms with Crippen LogP contribution in [0.3, 0.4) is 0 Å². The zero-order valence-electron chi connectivity index (χ0n) is 15.1. The van der Waals surface area contributed by atoms with Gasteiger partial charge in [0.1, 0.15) is 5.75 Å². The van der Waals surface area contributed by atoms with E-state index in [9.17, 15) is 0 Å². The van der Waals surface area contributed by atoms with Gasteiger partial charge >= 0.3 is 0 Å². The van der Waals surface area contributed by atoms with Crippen molar-refractivity contribution in [1.82, 2.24) is 14.8 Å². The summed E-state index contributed by atoms with van der Waals surface area (Å²) >= 11 is 0. The number of nitrogens with one attached hydrogen (secondary N) is 1. The molecule has 2 aromatic rings. The molecule has 0 atom stereocenters. The summed E-state index contributed by atoms with van der Waals surface area (Å²) in [6.07, 6.45) is 4.13. The van der Waals surface area contributed by atoms with Crippen molar-refractivity contribution >= 4 is 5.96 Å². The Morgan fingerprint density at radius 2 is 2.12 bits per heavy atom. The first kappa shape index (κ1) is 17.9. The molecule has 130 valence electrons. The summed E-state index contributed by atoms with van der Waals surface area (Å²) in [5, 5.41) is 3.44. The minimum Gasteiger partial charge on any atom is -0.497 e. The van der Waals surface area contributed by atoms with Gasteiger partial charge in [-0.05, 0) is 42.7 Å². The lowest BCUT2D eigenvalue weighted by Gasteiger charge is -2.22. The van der Waals surface area contributed by atoms with Crippen molar-refractivity contribution in [2.45, 2.75) is 19.4 Å². The highest BCUT2D eigenvalue weighted by atomic mass is 16.5. The summed E-state index contributed by atoms with van der Waals surface area (Å²) in [5.41, 5.74) is 2.56. The van der Waals surface area contributed by atoms with E-state index in [0.717, 1.165) is 37.6 Å². The molecule has 2 rings (SSSR count). The molecule has 0 fully saturated rings. The average molecular weight is 328 g/mol. The molecule has 5 nitrogen and oxygen atoms in total. The van der Waals surface area contributed by atoms with E-state index in [1.807, 2.05) is 19.2 Å². The van der Waals surface area contributed by atoms with Crippen molar-refractivity contribution in [3.63, 3.8) is 0 Å². The second kappa shape index (κ2) is 9.01. The lowest BCUT2D eigenvalue weighted by molar-refractivity contribution is 0.414. The molecule has 0 aliphatic heterocycles. The van der Waals surface area contributed by atoms with Gasteiger partial charge in [-0.15, -0.1) is 0 Å². The number of aromatic nitrogens is 1. The van der Waals surface area contributed by atoms with Gasteiger partial charge in [0.2, 0.25) is 0 Å². The Morgan fingerprint density at radius 3 is 2.79 bits per heavy atom. The van der Waals surface area contributed by atoms with Gasteiger partial charge in [-0.3, -0.25) is 4.99 Å². The van der Waals surface area contributed by atoms with Crippen molar-refractivity contribution in [2.24, 2.45) is 12.0 Å². The van der Waals surface area contributed by atoms with Gasteiger partial charge in [0.25, 0.3) is 0 Å². The first-order valence-electron chi connectivity index (χ1n) is 8.29.